The quantitative estimate of drug-likeness (QED) is 0.570. The van der Waals surface area contributed by atoms with E-state index in [1.54, 1.807) is 18.2 Å². The summed E-state index contributed by atoms with van der Waals surface area (Å²) in [7, 11) is -1.28. The molecule has 0 aliphatic carbocycles. The van der Waals surface area contributed by atoms with Crippen LogP contribution in [0.25, 0.3) is 10.8 Å². The molecule has 0 N–H and O–H groups in total. The molecule has 0 saturated carbocycles. The molecule has 3 aromatic rings. The summed E-state index contributed by atoms with van der Waals surface area (Å²) in [5.41, 5.74) is 0. The van der Waals surface area contributed by atoms with Gasteiger partial charge in [-0.3, -0.25) is 0 Å². The molecule has 0 atom stereocenters. The molecule has 0 aromatic heterocycles. The molecule has 0 spiro atoms. The molecular weight excluding hydrogens is 408 g/mol. The zero-order chi connectivity index (χ0) is 18.0. The number of rotatable bonds is 5. The summed E-state index contributed by atoms with van der Waals surface area (Å²) in [6.45, 7) is 0. The maximum atomic E-state index is 12.8. The molecule has 0 aliphatic rings. The van der Waals surface area contributed by atoms with Crippen LogP contribution in [0.3, 0.4) is 0 Å². The number of methoxy groups -OCH3 is 2. The average molecular weight is 423 g/mol. The fourth-order valence-corrected chi connectivity index (χ4v) is 4.06. The second-order valence-electron chi connectivity index (χ2n) is 5.15. The average Bonchev–Trinajstić information content (AvgIpc) is 2.61. The van der Waals surface area contributed by atoms with Gasteiger partial charge in [-0.2, -0.15) is 8.42 Å². The van der Waals surface area contributed by atoms with Gasteiger partial charge < -0.3 is 13.7 Å². The number of fused-ring (bicyclic) bond motifs is 1. The summed E-state index contributed by atoms with van der Waals surface area (Å²) >= 11 is 3.31. The largest absolute Gasteiger partial charge is 0.496 e. The van der Waals surface area contributed by atoms with Crippen LogP contribution in [-0.4, -0.2) is 22.6 Å². The van der Waals surface area contributed by atoms with E-state index in [-0.39, 0.29) is 16.4 Å². The number of ether oxygens (including phenoxy) is 2. The number of hydrogen-bond donors (Lipinski definition) is 0. The number of halogens is 1. The predicted molar refractivity (Wildman–Crippen MR) is 99.0 cm³/mol. The van der Waals surface area contributed by atoms with E-state index in [0.717, 1.165) is 5.39 Å². The van der Waals surface area contributed by atoms with E-state index in [2.05, 4.69) is 15.9 Å². The van der Waals surface area contributed by atoms with Crippen molar-refractivity contribution in [3.8, 4) is 17.2 Å². The van der Waals surface area contributed by atoms with Crippen molar-refractivity contribution in [1.82, 2.24) is 0 Å². The van der Waals surface area contributed by atoms with Crippen molar-refractivity contribution in [3.63, 3.8) is 0 Å². The Balaban J connectivity index is 2.11. The molecule has 0 heterocycles. The van der Waals surface area contributed by atoms with E-state index < -0.39 is 10.1 Å². The van der Waals surface area contributed by atoms with Crippen molar-refractivity contribution in [2.45, 2.75) is 4.90 Å². The molecule has 130 valence electrons. The number of hydrogen-bond acceptors (Lipinski definition) is 5. The van der Waals surface area contributed by atoms with Crippen LogP contribution in [0.4, 0.5) is 0 Å². The van der Waals surface area contributed by atoms with Gasteiger partial charge in [-0.05, 0) is 33.4 Å². The molecule has 0 amide bonds. The lowest BCUT2D eigenvalue weighted by molar-refractivity contribution is 0.386. The minimum Gasteiger partial charge on any atom is -0.496 e. The first kappa shape index (κ1) is 17.6. The summed E-state index contributed by atoms with van der Waals surface area (Å²) in [4.78, 5) is -0.108. The second-order valence-corrected chi connectivity index (χ2v) is 7.52. The molecule has 25 heavy (non-hydrogen) atoms. The minimum absolute atomic E-state index is 0.108. The molecule has 3 rings (SSSR count). The van der Waals surface area contributed by atoms with Crippen LogP contribution in [-0.2, 0) is 10.1 Å². The highest BCUT2D eigenvalue weighted by atomic mass is 79.9. The van der Waals surface area contributed by atoms with Crippen LogP contribution < -0.4 is 13.7 Å². The summed E-state index contributed by atoms with van der Waals surface area (Å²) < 4.78 is 42.0. The van der Waals surface area contributed by atoms with Gasteiger partial charge in [0, 0.05) is 11.5 Å². The Bertz CT molecular complexity index is 1030. The molecule has 3 aromatic carbocycles. The van der Waals surface area contributed by atoms with Gasteiger partial charge in [-0.1, -0.05) is 36.4 Å². The summed E-state index contributed by atoms with van der Waals surface area (Å²) in [5.74, 6) is 0.774. The molecule has 0 bridgehead atoms. The lowest BCUT2D eigenvalue weighted by atomic mass is 10.1. The molecular formula is C18H15BrO5S. The van der Waals surface area contributed by atoms with Crippen molar-refractivity contribution in [3.05, 3.63) is 59.1 Å². The zero-order valence-corrected chi connectivity index (χ0v) is 15.9. The Labute approximate surface area is 154 Å². The predicted octanol–water partition coefficient (Wildman–Crippen LogP) is 4.39. The van der Waals surface area contributed by atoms with Gasteiger partial charge in [-0.15, -0.1) is 0 Å². The first-order chi connectivity index (χ1) is 12.0. The molecule has 0 unspecified atom stereocenters. The fourth-order valence-electron chi connectivity index (χ4n) is 2.46. The van der Waals surface area contributed by atoms with Gasteiger partial charge in [0.2, 0.25) is 0 Å². The molecule has 5 nitrogen and oxygen atoms in total. The topological polar surface area (TPSA) is 61.8 Å². The SMILES string of the molecule is COc1cc(S(=O)(=O)Oc2cccc3ccccc23)c(OC)cc1Br. The molecule has 0 saturated heterocycles. The van der Waals surface area contributed by atoms with E-state index in [0.29, 0.717) is 15.6 Å². The van der Waals surface area contributed by atoms with Gasteiger partial charge in [0.05, 0.1) is 18.7 Å². The van der Waals surface area contributed by atoms with Gasteiger partial charge in [0.25, 0.3) is 0 Å². The summed E-state index contributed by atoms with van der Waals surface area (Å²) in [5, 5.41) is 1.59. The van der Waals surface area contributed by atoms with Crippen LogP contribution in [0.15, 0.2) is 64.0 Å². The molecule has 7 heteroatoms. The Hall–Kier alpha value is -2.25. The van der Waals surface area contributed by atoms with Crippen LogP contribution >= 0.6 is 15.9 Å². The Morgan fingerprint density at radius 2 is 1.52 bits per heavy atom. The van der Waals surface area contributed by atoms with Crippen molar-refractivity contribution in [2.24, 2.45) is 0 Å². The monoisotopic (exact) mass is 422 g/mol. The standard InChI is InChI=1S/C18H15BrO5S/c1-22-16-11-18(17(23-2)10-14(16)19)25(20,21)24-15-9-5-7-12-6-3-4-8-13(12)15/h3-11H,1-2H3. The molecule has 0 fully saturated rings. The summed E-state index contributed by atoms with van der Waals surface area (Å²) in [6.07, 6.45) is 0. The first-order valence-electron chi connectivity index (χ1n) is 7.30. The third-order valence-electron chi connectivity index (χ3n) is 3.66. The van der Waals surface area contributed by atoms with Crippen molar-refractivity contribution < 1.29 is 22.1 Å². The Morgan fingerprint density at radius 3 is 2.24 bits per heavy atom. The van der Waals surface area contributed by atoms with E-state index >= 15 is 0 Å². The van der Waals surface area contributed by atoms with Crippen molar-refractivity contribution in [1.29, 1.82) is 0 Å². The second kappa shape index (κ2) is 6.93. The molecule has 0 aliphatic heterocycles. The Morgan fingerprint density at radius 1 is 0.840 bits per heavy atom. The zero-order valence-electron chi connectivity index (χ0n) is 13.5. The maximum absolute atomic E-state index is 12.8. The highest BCUT2D eigenvalue weighted by Crippen LogP contribution is 2.37. The van der Waals surface area contributed by atoms with Gasteiger partial charge in [0.15, 0.2) is 10.6 Å². The number of benzene rings is 3. The summed E-state index contributed by atoms with van der Waals surface area (Å²) in [6, 6.07) is 15.5. The first-order valence-corrected chi connectivity index (χ1v) is 9.50. The fraction of sp³-hybridized carbons (Fsp3) is 0.111. The highest BCUT2D eigenvalue weighted by molar-refractivity contribution is 9.10. The third-order valence-corrected chi connectivity index (χ3v) is 5.53. The minimum atomic E-state index is -4.12. The van der Waals surface area contributed by atoms with Crippen molar-refractivity contribution >= 4 is 36.8 Å². The van der Waals surface area contributed by atoms with Crippen molar-refractivity contribution in [2.75, 3.05) is 14.2 Å². The van der Waals surface area contributed by atoms with Crippen LogP contribution in [0.1, 0.15) is 0 Å². The Kier molecular flexibility index (Phi) is 4.87. The lowest BCUT2D eigenvalue weighted by Gasteiger charge is -2.14. The van der Waals surface area contributed by atoms with Gasteiger partial charge >= 0.3 is 10.1 Å². The van der Waals surface area contributed by atoms with Gasteiger partial charge in [-0.25, -0.2) is 0 Å². The maximum Gasteiger partial charge on any atom is 0.343 e. The molecule has 0 radical (unpaired) electrons. The normalized spacial score (nSPS) is 11.3. The van der Waals surface area contributed by atoms with E-state index in [9.17, 15) is 8.42 Å². The van der Waals surface area contributed by atoms with Crippen LogP contribution in [0.2, 0.25) is 0 Å². The third kappa shape index (κ3) is 3.43. The lowest BCUT2D eigenvalue weighted by Crippen LogP contribution is -2.12. The van der Waals surface area contributed by atoms with Crippen LogP contribution in [0, 0.1) is 0 Å². The van der Waals surface area contributed by atoms with E-state index in [4.69, 9.17) is 13.7 Å². The van der Waals surface area contributed by atoms with Crippen LogP contribution in [0.5, 0.6) is 17.2 Å². The smallest absolute Gasteiger partial charge is 0.343 e. The highest BCUT2D eigenvalue weighted by Gasteiger charge is 2.25. The van der Waals surface area contributed by atoms with E-state index in [1.807, 2.05) is 24.3 Å². The van der Waals surface area contributed by atoms with Gasteiger partial charge in [0.1, 0.15) is 11.5 Å². The van der Waals surface area contributed by atoms with E-state index in [1.165, 1.54) is 26.4 Å².